The zero-order valence-electron chi connectivity index (χ0n) is 10.0. The van der Waals surface area contributed by atoms with Crippen LogP contribution in [0, 0.1) is 6.92 Å². The van der Waals surface area contributed by atoms with Gasteiger partial charge in [-0.3, -0.25) is 0 Å². The molecule has 92 valence electrons. The third kappa shape index (κ3) is 4.02. The van der Waals surface area contributed by atoms with E-state index in [1.165, 1.54) is 0 Å². The maximum atomic E-state index is 6.11. The molecular weight excluding hydrogens is 277 g/mol. The number of nitrogens with zero attached hydrogens (tertiary/aromatic N) is 1. The van der Waals surface area contributed by atoms with Gasteiger partial charge in [-0.1, -0.05) is 47.3 Å². The first kappa shape index (κ1) is 14.6. The monoisotopic (exact) mass is 289 g/mol. The number of aryl methyl sites for hydroxylation is 1. The largest absolute Gasteiger partial charge is 0.235 e. The molecule has 0 radical (unpaired) electrons. The lowest BCUT2D eigenvalue weighted by atomic mass is 10.2. The second kappa shape index (κ2) is 6.44. The predicted molar refractivity (Wildman–Crippen MR) is 78.0 cm³/mol. The second-order valence-electron chi connectivity index (χ2n) is 3.78. The molecule has 4 heteroatoms. The second-order valence-corrected chi connectivity index (χ2v) is 4.95. The van der Waals surface area contributed by atoms with E-state index in [9.17, 15) is 0 Å². The molecule has 1 aromatic carbocycles. The van der Waals surface area contributed by atoms with Crippen LogP contribution in [0.5, 0.6) is 0 Å². The highest BCUT2D eigenvalue weighted by Crippen LogP contribution is 2.25. The van der Waals surface area contributed by atoms with Crippen molar-refractivity contribution in [1.29, 1.82) is 0 Å². The van der Waals surface area contributed by atoms with E-state index in [-0.39, 0.29) is 0 Å². The molecule has 0 aliphatic rings. The molecule has 0 aliphatic heterocycles. The van der Waals surface area contributed by atoms with Crippen molar-refractivity contribution in [2.24, 2.45) is 4.99 Å². The Kier molecular flexibility index (Phi) is 5.51. The smallest absolute Gasteiger partial charge is 0.148 e. The molecular formula is C13H14Cl3N. The normalized spacial score (nSPS) is 13.6. The number of halogens is 3. The van der Waals surface area contributed by atoms with E-state index in [2.05, 4.69) is 4.99 Å². The maximum absolute atomic E-state index is 6.11. The first-order valence-corrected chi connectivity index (χ1v) is 6.45. The number of benzene rings is 1. The number of rotatable bonds is 3. The lowest BCUT2D eigenvalue weighted by molar-refractivity contribution is 1.10. The average molecular weight is 291 g/mol. The number of aliphatic imine (C=N–C) groups is 1. The van der Waals surface area contributed by atoms with Crippen LogP contribution in [-0.2, 0) is 0 Å². The fraction of sp³-hybridized carbons (Fsp3) is 0.308. The van der Waals surface area contributed by atoms with Crippen LogP contribution in [0.1, 0.15) is 25.8 Å². The predicted octanol–water partition coefficient (Wildman–Crippen LogP) is 5.84. The maximum Gasteiger partial charge on any atom is 0.148 e. The molecule has 0 fully saturated rings. The van der Waals surface area contributed by atoms with E-state index < -0.39 is 0 Å². The Bertz CT molecular complexity index is 476. The van der Waals surface area contributed by atoms with Crippen LogP contribution >= 0.6 is 34.8 Å². The first-order valence-electron chi connectivity index (χ1n) is 5.31. The van der Waals surface area contributed by atoms with Crippen molar-refractivity contribution in [3.63, 3.8) is 0 Å². The summed E-state index contributed by atoms with van der Waals surface area (Å²) in [5.74, 6) is 0. The summed E-state index contributed by atoms with van der Waals surface area (Å²) in [6.07, 6.45) is 0.851. The highest BCUT2D eigenvalue weighted by Gasteiger charge is 2.06. The fourth-order valence-corrected chi connectivity index (χ4v) is 1.89. The minimum atomic E-state index is 0.316. The molecule has 1 nitrogen and oxygen atoms in total. The van der Waals surface area contributed by atoms with Gasteiger partial charge in [0.25, 0.3) is 0 Å². The molecule has 1 rings (SSSR count). The van der Waals surface area contributed by atoms with Crippen molar-refractivity contribution in [2.75, 3.05) is 0 Å². The van der Waals surface area contributed by atoms with Gasteiger partial charge in [-0.05, 0) is 44.0 Å². The highest BCUT2D eigenvalue weighted by atomic mass is 35.5. The summed E-state index contributed by atoms with van der Waals surface area (Å²) in [5.41, 5.74) is 2.77. The number of hydrogen-bond donors (Lipinski definition) is 0. The molecule has 0 bridgehead atoms. The molecule has 17 heavy (non-hydrogen) atoms. The van der Waals surface area contributed by atoms with Gasteiger partial charge < -0.3 is 0 Å². The van der Waals surface area contributed by atoms with Gasteiger partial charge in [0, 0.05) is 5.02 Å². The molecule has 0 spiro atoms. The SMILES string of the molecule is CCC(C)=C(Cl)C(Cl)=Nc1ccc(Cl)cc1C. The Labute approximate surface area is 117 Å². The van der Waals surface area contributed by atoms with E-state index in [0.717, 1.165) is 23.2 Å². The highest BCUT2D eigenvalue weighted by molar-refractivity contribution is 6.76. The summed E-state index contributed by atoms with van der Waals surface area (Å²) in [7, 11) is 0. The fourth-order valence-electron chi connectivity index (χ4n) is 1.23. The first-order chi connectivity index (χ1) is 7.95. The van der Waals surface area contributed by atoms with Gasteiger partial charge in [-0.15, -0.1) is 0 Å². The van der Waals surface area contributed by atoms with Crippen molar-refractivity contribution < 1.29 is 0 Å². The lowest BCUT2D eigenvalue weighted by Crippen LogP contribution is -1.91. The molecule has 0 saturated heterocycles. The molecule has 0 unspecified atom stereocenters. The molecule has 0 N–H and O–H groups in total. The van der Waals surface area contributed by atoms with Gasteiger partial charge in [-0.2, -0.15) is 0 Å². The van der Waals surface area contributed by atoms with E-state index in [1.807, 2.05) is 32.9 Å². The summed E-state index contributed by atoms with van der Waals surface area (Å²) in [6.45, 7) is 5.89. The Hall–Kier alpha value is -0.500. The third-order valence-corrected chi connectivity index (χ3v) is 3.57. The van der Waals surface area contributed by atoms with Gasteiger partial charge >= 0.3 is 0 Å². The number of allylic oxidation sites excluding steroid dienone is 2. The Morgan fingerprint density at radius 3 is 2.47 bits per heavy atom. The summed E-state index contributed by atoms with van der Waals surface area (Å²) in [6, 6.07) is 5.45. The summed E-state index contributed by atoms with van der Waals surface area (Å²) in [5, 5.41) is 1.52. The van der Waals surface area contributed by atoms with Gasteiger partial charge in [0.05, 0.1) is 10.7 Å². The third-order valence-electron chi connectivity index (χ3n) is 2.46. The zero-order chi connectivity index (χ0) is 13.0. The van der Waals surface area contributed by atoms with Gasteiger partial charge in [0.15, 0.2) is 0 Å². The Morgan fingerprint density at radius 1 is 1.29 bits per heavy atom. The van der Waals surface area contributed by atoms with Crippen molar-refractivity contribution in [3.8, 4) is 0 Å². The van der Waals surface area contributed by atoms with Crippen LogP contribution in [0.2, 0.25) is 5.02 Å². The van der Waals surface area contributed by atoms with Crippen LogP contribution < -0.4 is 0 Å². The Morgan fingerprint density at radius 2 is 1.94 bits per heavy atom. The molecule has 1 aromatic rings. The van der Waals surface area contributed by atoms with Crippen molar-refractivity contribution in [1.82, 2.24) is 0 Å². The topological polar surface area (TPSA) is 12.4 Å². The molecule has 0 aliphatic carbocycles. The van der Waals surface area contributed by atoms with Crippen molar-refractivity contribution in [2.45, 2.75) is 27.2 Å². The lowest BCUT2D eigenvalue weighted by Gasteiger charge is -2.04. The van der Waals surface area contributed by atoms with E-state index in [4.69, 9.17) is 34.8 Å². The molecule has 0 atom stereocenters. The van der Waals surface area contributed by atoms with E-state index >= 15 is 0 Å². The molecule has 0 amide bonds. The molecule has 0 heterocycles. The quantitative estimate of drug-likeness (QED) is 0.620. The van der Waals surface area contributed by atoms with Crippen molar-refractivity contribution in [3.05, 3.63) is 39.4 Å². The van der Waals surface area contributed by atoms with Crippen LogP contribution in [-0.4, -0.2) is 5.17 Å². The summed E-state index contributed by atoms with van der Waals surface area (Å²) in [4.78, 5) is 4.30. The molecule has 0 saturated carbocycles. The van der Waals surface area contributed by atoms with E-state index in [0.29, 0.717) is 15.2 Å². The Balaban J connectivity index is 3.11. The minimum absolute atomic E-state index is 0.316. The standard InChI is InChI=1S/C13H14Cl3N/c1-4-8(2)12(15)13(16)17-11-6-5-10(14)7-9(11)3/h5-7H,4H2,1-3H3. The van der Waals surface area contributed by atoms with Gasteiger partial charge in [-0.25, -0.2) is 4.99 Å². The number of hydrogen-bond acceptors (Lipinski definition) is 1. The van der Waals surface area contributed by atoms with E-state index in [1.54, 1.807) is 6.07 Å². The van der Waals surface area contributed by atoms with Crippen LogP contribution in [0.3, 0.4) is 0 Å². The van der Waals surface area contributed by atoms with Crippen molar-refractivity contribution >= 4 is 45.7 Å². The van der Waals surface area contributed by atoms with Crippen LogP contribution in [0.4, 0.5) is 5.69 Å². The zero-order valence-corrected chi connectivity index (χ0v) is 12.3. The average Bonchev–Trinajstić information content (AvgIpc) is 2.30. The minimum Gasteiger partial charge on any atom is -0.235 e. The summed E-state index contributed by atoms with van der Waals surface area (Å²) >= 11 is 18.1. The van der Waals surface area contributed by atoms with Crippen LogP contribution in [0.15, 0.2) is 33.8 Å². The summed E-state index contributed by atoms with van der Waals surface area (Å²) < 4.78 is 0. The van der Waals surface area contributed by atoms with Gasteiger partial charge in [0.2, 0.25) is 0 Å². The van der Waals surface area contributed by atoms with Gasteiger partial charge in [0.1, 0.15) is 5.17 Å². The molecule has 0 aromatic heterocycles. The van der Waals surface area contributed by atoms with Crippen LogP contribution in [0.25, 0.3) is 0 Å².